The molecule has 0 saturated heterocycles. The highest BCUT2D eigenvalue weighted by atomic mass is 16.4. The molecule has 0 aliphatic heterocycles. The molecule has 0 radical (unpaired) electrons. The van der Waals surface area contributed by atoms with E-state index in [0.29, 0.717) is 0 Å². The Morgan fingerprint density at radius 1 is 1.44 bits per heavy atom. The zero-order valence-electron chi connectivity index (χ0n) is 8.93. The third-order valence-corrected chi connectivity index (χ3v) is 2.07. The Morgan fingerprint density at radius 2 is 2.06 bits per heavy atom. The van der Waals surface area contributed by atoms with Gasteiger partial charge in [-0.25, -0.2) is 0 Å². The van der Waals surface area contributed by atoms with Gasteiger partial charge in [-0.3, -0.25) is 14.4 Å². The molecule has 0 saturated carbocycles. The third-order valence-electron chi connectivity index (χ3n) is 2.07. The molecule has 1 aromatic heterocycles. The van der Waals surface area contributed by atoms with E-state index in [1.165, 1.54) is 36.9 Å². The number of nitrogens with zero attached hydrogens (tertiary/aromatic N) is 1. The lowest BCUT2D eigenvalue weighted by Gasteiger charge is -2.09. The van der Waals surface area contributed by atoms with Gasteiger partial charge in [0.05, 0.1) is 5.56 Å². The molecule has 0 aromatic carbocycles. The number of aromatic nitrogens is 1. The number of hydrogen-bond donors (Lipinski definition) is 2. The van der Waals surface area contributed by atoms with Crippen LogP contribution >= 0.6 is 0 Å². The molecule has 6 heteroatoms. The van der Waals surface area contributed by atoms with E-state index < -0.39 is 17.9 Å². The Bertz CT molecular complexity index is 478. The second-order valence-corrected chi connectivity index (χ2v) is 3.40. The van der Waals surface area contributed by atoms with Crippen molar-refractivity contribution in [3.63, 3.8) is 0 Å². The van der Waals surface area contributed by atoms with E-state index in [1.54, 1.807) is 0 Å². The molecule has 1 aromatic rings. The number of carbonyl (C=O) groups is 2. The fraction of sp³-hybridized carbons (Fsp3) is 0.300. The average Bonchev–Trinajstić information content (AvgIpc) is 2.21. The maximum absolute atomic E-state index is 11.5. The van der Waals surface area contributed by atoms with Crippen molar-refractivity contribution in [3.8, 4) is 0 Å². The smallest absolute Gasteiger partial charge is 0.325 e. The number of carboxylic acids is 1. The van der Waals surface area contributed by atoms with E-state index in [9.17, 15) is 14.4 Å². The van der Waals surface area contributed by atoms with Crippen LogP contribution in [0, 0.1) is 0 Å². The summed E-state index contributed by atoms with van der Waals surface area (Å²) in [7, 11) is 1.51. The van der Waals surface area contributed by atoms with E-state index >= 15 is 0 Å². The van der Waals surface area contributed by atoms with Crippen molar-refractivity contribution in [1.82, 2.24) is 9.88 Å². The molecular weight excluding hydrogens is 212 g/mol. The Kier molecular flexibility index (Phi) is 3.44. The van der Waals surface area contributed by atoms with Crippen molar-refractivity contribution in [2.75, 3.05) is 0 Å². The largest absolute Gasteiger partial charge is 0.480 e. The standard InChI is InChI=1S/C10H12N2O4/c1-6(10(15)16)11-9(14)7-3-4-8(13)12(2)5-7/h3-6H,1-2H3,(H,11,14)(H,15,16). The van der Waals surface area contributed by atoms with Gasteiger partial charge in [0.15, 0.2) is 0 Å². The summed E-state index contributed by atoms with van der Waals surface area (Å²) in [5.74, 6) is -1.64. The maximum Gasteiger partial charge on any atom is 0.325 e. The van der Waals surface area contributed by atoms with Crippen LogP contribution in [0.15, 0.2) is 23.1 Å². The summed E-state index contributed by atoms with van der Waals surface area (Å²) >= 11 is 0. The Labute approximate surface area is 91.5 Å². The first kappa shape index (κ1) is 12.0. The fourth-order valence-electron chi connectivity index (χ4n) is 1.07. The number of aryl methyl sites for hydroxylation is 1. The second-order valence-electron chi connectivity index (χ2n) is 3.40. The van der Waals surface area contributed by atoms with E-state index in [-0.39, 0.29) is 11.1 Å². The molecule has 1 amide bonds. The van der Waals surface area contributed by atoms with Crippen LogP contribution in [-0.2, 0) is 11.8 Å². The Balaban J connectivity index is 2.85. The van der Waals surface area contributed by atoms with Gasteiger partial charge in [0, 0.05) is 19.3 Å². The molecule has 6 nitrogen and oxygen atoms in total. The zero-order chi connectivity index (χ0) is 12.3. The summed E-state index contributed by atoms with van der Waals surface area (Å²) in [6.07, 6.45) is 1.35. The molecule has 1 atom stereocenters. The number of carboxylic acid groups (broad SMARTS) is 1. The van der Waals surface area contributed by atoms with Crippen LogP contribution in [0.3, 0.4) is 0 Å². The molecule has 0 bridgehead atoms. The van der Waals surface area contributed by atoms with Crippen LogP contribution in [0.25, 0.3) is 0 Å². The van der Waals surface area contributed by atoms with Crippen LogP contribution < -0.4 is 10.9 Å². The van der Waals surface area contributed by atoms with E-state index in [1.807, 2.05) is 0 Å². The zero-order valence-corrected chi connectivity index (χ0v) is 8.93. The first-order valence-corrected chi connectivity index (χ1v) is 4.62. The fourth-order valence-corrected chi connectivity index (χ4v) is 1.07. The topological polar surface area (TPSA) is 88.4 Å². The summed E-state index contributed by atoms with van der Waals surface area (Å²) in [5, 5.41) is 10.9. The number of rotatable bonds is 3. The van der Waals surface area contributed by atoms with Crippen LogP contribution in [0.5, 0.6) is 0 Å². The minimum absolute atomic E-state index is 0.233. The van der Waals surface area contributed by atoms with Gasteiger partial charge in [0.1, 0.15) is 6.04 Å². The van der Waals surface area contributed by atoms with Gasteiger partial charge in [-0.15, -0.1) is 0 Å². The number of hydrogen-bond acceptors (Lipinski definition) is 3. The van der Waals surface area contributed by atoms with Crippen molar-refractivity contribution in [2.45, 2.75) is 13.0 Å². The lowest BCUT2D eigenvalue weighted by atomic mass is 10.2. The molecule has 0 fully saturated rings. The molecule has 0 spiro atoms. The van der Waals surface area contributed by atoms with E-state index in [2.05, 4.69) is 5.32 Å². The van der Waals surface area contributed by atoms with E-state index in [4.69, 9.17) is 5.11 Å². The molecule has 0 aliphatic carbocycles. The van der Waals surface area contributed by atoms with Crippen LogP contribution in [-0.4, -0.2) is 27.6 Å². The van der Waals surface area contributed by atoms with Crippen LogP contribution in [0.4, 0.5) is 0 Å². The molecule has 86 valence electrons. The SMILES string of the molecule is CC(NC(=O)c1ccc(=O)n(C)c1)C(=O)O. The predicted octanol–water partition coefficient (Wildman–Crippen LogP) is -0.412. The maximum atomic E-state index is 11.5. The molecule has 1 rings (SSSR count). The second kappa shape index (κ2) is 4.61. The normalized spacial score (nSPS) is 11.9. The lowest BCUT2D eigenvalue weighted by Crippen LogP contribution is -2.38. The highest BCUT2D eigenvalue weighted by molar-refractivity contribution is 5.96. The highest BCUT2D eigenvalue weighted by Gasteiger charge is 2.15. The van der Waals surface area contributed by atoms with Gasteiger partial charge in [0.2, 0.25) is 5.56 Å². The number of carbonyl (C=O) groups excluding carboxylic acids is 1. The van der Waals surface area contributed by atoms with Gasteiger partial charge in [0.25, 0.3) is 5.91 Å². The number of aliphatic carboxylic acids is 1. The van der Waals surface area contributed by atoms with Gasteiger partial charge < -0.3 is 15.0 Å². The summed E-state index contributed by atoms with van der Waals surface area (Å²) in [4.78, 5) is 33.1. The summed E-state index contributed by atoms with van der Waals surface area (Å²) < 4.78 is 1.25. The lowest BCUT2D eigenvalue weighted by molar-refractivity contribution is -0.138. The number of amides is 1. The number of nitrogens with one attached hydrogen (secondary N) is 1. The predicted molar refractivity (Wildman–Crippen MR) is 56.2 cm³/mol. The van der Waals surface area contributed by atoms with Crippen molar-refractivity contribution in [2.24, 2.45) is 7.05 Å². The molecular formula is C10H12N2O4. The summed E-state index contributed by atoms with van der Waals surface area (Å²) in [6.45, 7) is 1.36. The van der Waals surface area contributed by atoms with Gasteiger partial charge in [-0.05, 0) is 13.0 Å². The van der Waals surface area contributed by atoms with Crippen molar-refractivity contribution in [3.05, 3.63) is 34.2 Å². The van der Waals surface area contributed by atoms with Gasteiger partial charge in [-0.1, -0.05) is 0 Å². The molecule has 2 N–H and O–H groups in total. The van der Waals surface area contributed by atoms with Gasteiger partial charge >= 0.3 is 5.97 Å². The molecule has 1 heterocycles. The monoisotopic (exact) mass is 224 g/mol. The average molecular weight is 224 g/mol. The Morgan fingerprint density at radius 3 is 2.56 bits per heavy atom. The van der Waals surface area contributed by atoms with Crippen LogP contribution in [0.2, 0.25) is 0 Å². The quantitative estimate of drug-likeness (QED) is 0.730. The summed E-state index contributed by atoms with van der Waals surface area (Å²) in [6, 6.07) is 1.64. The van der Waals surface area contributed by atoms with Gasteiger partial charge in [-0.2, -0.15) is 0 Å². The molecule has 1 unspecified atom stereocenters. The molecule has 16 heavy (non-hydrogen) atoms. The minimum atomic E-state index is -1.11. The molecule has 0 aliphatic rings. The van der Waals surface area contributed by atoms with E-state index in [0.717, 1.165) is 0 Å². The van der Waals surface area contributed by atoms with Crippen molar-refractivity contribution in [1.29, 1.82) is 0 Å². The van der Waals surface area contributed by atoms with Crippen molar-refractivity contribution >= 4 is 11.9 Å². The minimum Gasteiger partial charge on any atom is -0.480 e. The van der Waals surface area contributed by atoms with Crippen LogP contribution in [0.1, 0.15) is 17.3 Å². The number of pyridine rings is 1. The third kappa shape index (κ3) is 2.69. The van der Waals surface area contributed by atoms with Crippen molar-refractivity contribution < 1.29 is 14.7 Å². The highest BCUT2D eigenvalue weighted by Crippen LogP contribution is 1.96. The first-order valence-electron chi connectivity index (χ1n) is 4.62. The Hall–Kier alpha value is -2.11. The summed E-state index contributed by atoms with van der Waals surface area (Å²) in [5.41, 5.74) is 0.0121. The first-order chi connectivity index (χ1) is 7.41.